The molecule has 3 heteroatoms. The first-order valence-electron chi connectivity index (χ1n) is 8.72. The van der Waals surface area contributed by atoms with E-state index in [0.29, 0.717) is 0 Å². The molecule has 0 bridgehead atoms. The lowest BCUT2D eigenvalue weighted by atomic mass is 9.99. The molecule has 0 fully saturated rings. The van der Waals surface area contributed by atoms with Gasteiger partial charge in [-0.2, -0.15) is 0 Å². The largest absolute Gasteiger partial charge is 0.404 e. The summed E-state index contributed by atoms with van der Waals surface area (Å²) in [5.74, 6) is 0. The Hall–Kier alpha value is -2.68. The average molecular weight is 339 g/mol. The molecule has 0 radical (unpaired) electrons. The molecule has 0 aliphatic carbocycles. The van der Waals surface area contributed by atoms with E-state index in [1.165, 1.54) is 0 Å². The van der Waals surface area contributed by atoms with Crippen LogP contribution in [0.2, 0.25) is 0 Å². The van der Waals surface area contributed by atoms with Crippen molar-refractivity contribution in [1.29, 1.82) is 0 Å². The summed E-state index contributed by atoms with van der Waals surface area (Å²) in [4.78, 5) is 4.04. The van der Waals surface area contributed by atoms with Gasteiger partial charge in [0.2, 0.25) is 5.52 Å². The van der Waals surface area contributed by atoms with Gasteiger partial charge in [0.15, 0.2) is 6.20 Å². The van der Waals surface area contributed by atoms with E-state index in [1.807, 2.05) is 53.0 Å². The van der Waals surface area contributed by atoms with E-state index in [1.54, 1.807) is 19.5 Å². The smallest absolute Gasteiger partial charge is 0.213 e. The summed E-state index contributed by atoms with van der Waals surface area (Å²) in [7, 11) is 3.75. The number of fused-ring (bicyclic) bond motifs is 1. The van der Waals surface area contributed by atoms with Crippen molar-refractivity contribution < 1.29 is 4.57 Å². The molecular weight excluding hydrogens is 306 g/mol. The number of nitrogens with zero attached hydrogens (tertiary/aromatic N) is 2. The van der Waals surface area contributed by atoms with Crippen molar-refractivity contribution >= 4 is 34.8 Å². The molecule has 0 atom stereocenters. The molecule has 0 saturated heterocycles. The quantitative estimate of drug-likeness (QED) is 0.618. The molecule has 2 rings (SSSR count). The fourth-order valence-corrected chi connectivity index (χ4v) is 2.48. The van der Waals surface area contributed by atoms with Crippen LogP contribution in [-0.2, 0) is 7.05 Å². The topological polar surface area (TPSA) is 42.3 Å². The molecule has 0 aliphatic rings. The Balaban J connectivity index is 0.00000134. The van der Waals surface area contributed by atoms with Crippen molar-refractivity contribution in [2.24, 2.45) is 17.8 Å². The van der Waals surface area contributed by atoms with Crippen molar-refractivity contribution in [1.82, 2.24) is 0 Å². The van der Waals surface area contributed by atoms with Gasteiger partial charge in [-0.1, -0.05) is 59.1 Å². The number of benzene rings is 1. The molecule has 0 amide bonds. The lowest BCUT2D eigenvalue weighted by Gasteiger charge is -2.07. The molecular formula is C22H32N3+. The van der Waals surface area contributed by atoms with Crippen LogP contribution < -0.4 is 10.3 Å². The van der Waals surface area contributed by atoms with E-state index < -0.39 is 0 Å². The summed E-state index contributed by atoms with van der Waals surface area (Å²) in [5, 5.41) is 1.14. The lowest BCUT2D eigenvalue weighted by molar-refractivity contribution is -0.645. The minimum atomic E-state index is 0.896. The third kappa shape index (κ3) is 5.15. The maximum absolute atomic E-state index is 5.69. The van der Waals surface area contributed by atoms with E-state index in [9.17, 15) is 0 Å². The zero-order valence-electron chi connectivity index (χ0n) is 16.5. The first-order valence-corrected chi connectivity index (χ1v) is 8.72. The van der Waals surface area contributed by atoms with Gasteiger partial charge in [0.05, 0.1) is 5.39 Å². The summed E-state index contributed by atoms with van der Waals surface area (Å²) < 4.78 is 2.08. The number of allylic oxidation sites excluding steroid dienone is 1. The van der Waals surface area contributed by atoms with Crippen molar-refractivity contribution in [3.05, 3.63) is 60.4 Å². The summed E-state index contributed by atoms with van der Waals surface area (Å²) in [6, 6.07) is 6.24. The third-order valence-corrected chi connectivity index (χ3v) is 3.52. The number of aryl methyl sites for hydroxylation is 1. The average Bonchev–Trinajstić information content (AvgIpc) is 2.68. The zero-order chi connectivity index (χ0) is 19.4. The molecule has 1 aromatic carbocycles. The summed E-state index contributed by atoms with van der Waals surface area (Å²) in [6.45, 7) is 15.8. The summed E-state index contributed by atoms with van der Waals surface area (Å²) in [5.41, 5.74) is 10.9. The van der Waals surface area contributed by atoms with Crippen LogP contribution in [0.3, 0.4) is 0 Å². The van der Waals surface area contributed by atoms with Crippen LogP contribution in [0.4, 0.5) is 0 Å². The first kappa shape index (κ1) is 22.3. The number of nitrogens with two attached hydrogens (primary N) is 1. The predicted molar refractivity (Wildman–Crippen MR) is 115 cm³/mol. The first-order chi connectivity index (χ1) is 12.2. The van der Waals surface area contributed by atoms with Crippen molar-refractivity contribution in [3.8, 4) is 0 Å². The van der Waals surface area contributed by atoms with E-state index in [-0.39, 0.29) is 0 Å². The highest BCUT2D eigenvalue weighted by Crippen LogP contribution is 2.24. The highest BCUT2D eigenvalue weighted by Gasteiger charge is 2.13. The second kappa shape index (κ2) is 11.8. The fourth-order valence-electron chi connectivity index (χ4n) is 2.48. The molecule has 0 unspecified atom stereocenters. The number of hydrogen-bond acceptors (Lipinski definition) is 2. The fraction of sp³-hybridized carbons (Fsp3) is 0.273. The van der Waals surface area contributed by atoms with Crippen LogP contribution in [0.15, 0.2) is 48.7 Å². The second-order valence-electron chi connectivity index (χ2n) is 4.76. The third-order valence-electron chi connectivity index (χ3n) is 3.52. The van der Waals surface area contributed by atoms with Crippen molar-refractivity contribution in [2.75, 3.05) is 7.05 Å². The van der Waals surface area contributed by atoms with Crippen LogP contribution in [0.1, 0.15) is 44.4 Å². The van der Waals surface area contributed by atoms with Crippen LogP contribution in [-0.4, -0.2) is 13.3 Å². The van der Waals surface area contributed by atoms with Crippen LogP contribution in [0.25, 0.3) is 28.6 Å². The zero-order valence-corrected chi connectivity index (χ0v) is 16.5. The Morgan fingerprint density at radius 3 is 2.24 bits per heavy atom. The highest BCUT2D eigenvalue weighted by molar-refractivity contribution is 6.10. The van der Waals surface area contributed by atoms with Gasteiger partial charge >= 0.3 is 0 Å². The minimum Gasteiger partial charge on any atom is -0.404 e. The molecule has 2 aromatic rings. The molecule has 134 valence electrons. The van der Waals surface area contributed by atoms with Gasteiger partial charge in [-0.25, -0.2) is 4.57 Å². The van der Waals surface area contributed by atoms with Crippen molar-refractivity contribution in [3.63, 3.8) is 0 Å². The molecule has 0 aliphatic heterocycles. The number of aliphatic imine (C=N–C) groups is 1. The predicted octanol–water partition coefficient (Wildman–Crippen LogP) is 5.00. The minimum absolute atomic E-state index is 0.896. The Kier molecular flexibility index (Phi) is 10.5. The number of aromatic nitrogens is 1. The highest BCUT2D eigenvalue weighted by atomic mass is 14.9. The molecule has 0 saturated carbocycles. The number of rotatable bonds is 4. The standard InChI is InChI=1S/C18H19N3.2C2H6/c1-5-13-12-21(4)18-9-14(15(10-19)11-20-3)7-8-17(18)16(13)6-2;2*1-2/h5-12,19H,1-2H2,3-4H3;2*1-2H3/p+1. The molecule has 25 heavy (non-hydrogen) atoms. The Labute approximate surface area is 152 Å². The van der Waals surface area contributed by atoms with Gasteiger partial charge in [0.25, 0.3) is 0 Å². The Bertz CT molecular complexity index is 768. The van der Waals surface area contributed by atoms with Gasteiger partial charge in [0.1, 0.15) is 7.05 Å². The van der Waals surface area contributed by atoms with E-state index >= 15 is 0 Å². The Morgan fingerprint density at radius 2 is 1.76 bits per heavy atom. The van der Waals surface area contributed by atoms with E-state index in [2.05, 4.69) is 41.0 Å². The Morgan fingerprint density at radius 1 is 1.12 bits per heavy atom. The van der Waals surface area contributed by atoms with Crippen LogP contribution in [0, 0.1) is 0 Å². The monoisotopic (exact) mass is 338 g/mol. The van der Waals surface area contributed by atoms with E-state index in [4.69, 9.17) is 5.73 Å². The van der Waals surface area contributed by atoms with Gasteiger partial charge < -0.3 is 5.73 Å². The maximum atomic E-state index is 5.69. The molecule has 0 spiro atoms. The summed E-state index contributed by atoms with van der Waals surface area (Å²) >= 11 is 0. The maximum Gasteiger partial charge on any atom is 0.213 e. The van der Waals surface area contributed by atoms with Crippen LogP contribution >= 0.6 is 0 Å². The lowest BCUT2D eigenvalue weighted by Crippen LogP contribution is -2.29. The molecule has 1 aromatic heterocycles. The molecule has 2 N–H and O–H groups in total. The molecule has 1 heterocycles. The molecule has 3 nitrogen and oxygen atoms in total. The SMILES string of the molecule is C=Cc1c[n+](C)c2cc(/C(C=NC)=C/N)ccc2c1C=C.CC.CC. The van der Waals surface area contributed by atoms with Gasteiger partial charge in [0, 0.05) is 42.2 Å². The normalized spacial score (nSPS) is 10.6. The van der Waals surface area contributed by atoms with Gasteiger partial charge in [-0.3, -0.25) is 4.99 Å². The summed E-state index contributed by atoms with van der Waals surface area (Å²) in [6.07, 6.45) is 9.09. The number of hydrogen-bond donors (Lipinski definition) is 1. The second-order valence-corrected chi connectivity index (χ2v) is 4.76. The van der Waals surface area contributed by atoms with Crippen LogP contribution in [0.5, 0.6) is 0 Å². The van der Waals surface area contributed by atoms with Crippen molar-refractivity contribution in [2.45, 2.75) is 27.7 Å². The van der Waals surface area contributed by atoms with Gasteiger partial charge in [-0.05, 0) is 11.6 Å². The van der Waals surface area contributed by atoms with Gasteiger partial charge in [-0.15, -0.1) is 0 Å². The van der Waals surface area contributed by atoms with E-state index in [0.717, 1.165) is 33.2 Å². The number of pyridine rings is 1.